The van der Waals surface area contributed by atoms with Gasteiger partial charge in [-0.2, -0.15) is 0 Å². The number of rotatable bonds is 5. The maximum atomic E-state index is 3.60. The molecule has 8 heavy (non-hydrogen) atoms. The number of unbranched alkanes of at least 4 members (excludes halogenated alkanes) is 4. The second-order valence-electron chi connectivity index (χ2n) is 1.97. The third-order valence-electron chi connectivity index (χ3n) is 1.14. The van der Waals surface area contributed by atoms with Gasteiger partial charge < -0.3 is 0 Å². The molecule has 47 valence electrons. The first-order chi connectivity index (χ1) is 3.91. The topological polar surface area (TPSA) is 0 Å². The van der Waals surface area contributed by atoms with Gasteiger partial charge in [0.05, 0.1) is 0 Å². The van der Waals surface area contributed by atoms with Crippen LogP contribution in [0.4, 0.5) is 0 Å². The molecule has 0 heteroatoms. The van der Waals surface area contributed by atoms with E-state index in [0.717, 1.165) is 0 Å². The molecule has 0 aromatic heterocycles. The maximum absolute atomic E-state index is 3.60. The summed E-state index contributed by atoms with van der Waals surface area (Å²) < 4.78 is 0. The van der Waals surface area contributed by atoms with Gasteiger partial charge in [-0.15, -0.1) is 6.58 Å². The van der Waals surface area contributed by atoms with Gasteiger partial charge in [0, 0.05) is 0 Å². The average Bonchev–Trinajstić information content (AvgIpc) is 1.81. The second kappa shape index (κ2) is 6.74. The summed E-state index contributed by atoms with van der Waals surface area (Å²) in [6.07, 6.45) is 9.18. The summed E-state index contributed by atoms with van der Waals surface area (Å²) in [4.78, 5) is 0. The molecule has 0 aliphatic heterocycles. The number of hydrogen-bond donors (Lipinski definition) is 0. The quantitative estimate of drug-likeness (QED) is 0.481. The number of allylic oxidation sites excluding steroid dienone is 1. The normalized spacial score (nSPS) is 9.12. The van der Waals surface area contributed by atoms with Crippen molar-refractivity contribution in [3.05, 3.63) is 19.1 Å². The monoisotopic (exact) mass is 113 g/mol. The molecule has 0 heterocycles. The third-order valence-corrected chi connectivity index (χ3v) is 1.14. The van der Waals surface area contributed by atoms with E-state index in [2.05, 4.69) is 19.9 Å². The SMILES string of the molecule is C=C[14CH]CCCCC. The summed E-state index contributed by atoms with van der Waals surface area (Å²) in [5.74, 6) is 0. The summed E-state index contributed by atoms with van der Waals surface area (Å²) in [6.45, 7) is 5.82. The molecule has 0 bridgehead atoms. The van der Waals surface area contributed by atoms with Gasteiger partial charge in [0.25, 0.3) is 0 Å². The van der Waals surface area contributed by atoms with Crippen molar-refractivity contribution in [2.45, 2.75) is 32.6 Å². The Labute approximate surface area is 52.6 Å². The van der Waals surface area contributed by atoms with Crippen LogP contribution in [0.5, 0.6) is 0 Å². The molecule has 0 saturated carbocycles. The van der Waals surface area contributed by atoms with E-state index in [9.17, 15) is 0 Å². The fourth-order valence-corrected chi connectivity index (χ4v) is 0.630. The van der Waals surface area contributed by atoms with Crippen LogP contribution in [0.3, 0.4) is 0 Å². The summed E-state index contributed by atoms with van der Waals surface area (Å²) in [5, 5.41) is 0. The molecule has 0 N–H and O–H groups in total. The van der Waals surface area contributed by atoms with Crippen LogP contribution >= 0.6 is 0 Å². The Morgan fingerprint density at radius 3 is 2.75 bits per heavy atom. The van der Waals surface area contributed by atoms with Crippen molar-refractivity contribution in [2.75, 3.05) is 0 Å². The largest absolute Gasteiger partial charge is 0.103 e. The molecule has 0 aromatic rings. The number of hydrogen-bond acceptors (Lipinski definition) is 0. The van der Waals surface area contributed by atoms with E-state index in [0.29, 0.717) is 0 Å². The Balaban J connectivity index is 2.62. The Kier molecular flexibility index (Phi) is 6.52. The molecule has 0 atom stereocenters. The van der Waals surface area contributed by atoms with Crippen molar-refractivity contribution in [1.29, 1.82) is 0 Å². The predicted octanol–water partition coefficient (Wildman–Crippen LogP) is 2.96. The van der Waals surface area contributed by atoms with Gasteiger partial charge in [-0.25, -0.2) is 0 Å². The lowest BCUT2D eigenvalue weighted by Crippen LogP contribution is -1.72. The van der Waals surface area contributed by atoms with Crippen LogP contribution < -0.4 is 0 Å². The minimum atomic E-state index is 1.21. The van der Waals surface area contributed by atoms with E-state index in [1.807, 2.05) is 6.08 Å². The maximum Gasteiger partial charge on any atom is -0.0173 e. The van der Waals surface area contributed by atoms with Gasteiger partial charge in [0.1, 0.15) is 0 Å². The minimum Gasteiger partial charge on any atom is -0.103 e. The molecule has 0 aromatic carbocycles. The lowest BCUT2D eigenvalue weighted by atomic mass is 10.2. The highest BCUT2D eigenvalue weighted by molar-refractivity contribution is 4.85. The van der Waals surface area contributed by atoms with Gasteiger partial charge in [-0.1, -0.05) is 32.3 Å². The molecule has 0 fully saturated rings. The summed E-state index contributed by atoms with van der Waals surface area (Å²) in [7, 11) is 0. The molecule has 0 aliphatic carbocycles. The summed E-state index contributed by atoms with van der Waals surface area (Å²) >= 11 is 0. The van der Waals surface area contributed by atoms with Crippen LogP contribution in [0.1, 0.15) is 32.6 Å². The third kappa shape index (κ3) is 5.74. The summed E-state index contributed by atoms with van der Waals surface area (Å²) in [5.41, 5.74) is 0. The van der Waals surface area contributed by atoms with E-state index in [1.54, 1.807) is 0 Å². The van der Waals surface area contributed by atoms with E-state index in [-0.39, 0.29) is 0 Å². The lowest BCUT2D eigenvalue weighted by molar-refractivity contribution is 0.717. The fraction of sp³-hybridized carbons (Fsp3) is 0.625. The molecule has 0 saturated heterocycles. The fourth-order valence-electron chi connectivity index (χ4n) is 0.630. The van der Waals surface area contributed by atoms with Crippen molar-refractivity contribution >= 4 is 0 Å². The van der Waals surface area contributed by atoms with Crippen molar-refractivity contribution in [3.8, 4) is 0 Å². The standard InChI is InChI=1S/C8H15/c1-3-5-7-8-6-4-2/h3,5H,1,4,6-8H2,2H3/i5+2. The van der Waals surface area contributed by atoms with Gasteiger partial charge in [0.15, 0.2) is 0 Å². The van der Waals surface area contributed by atoms with Crippen LogP contribution in [-0.4, -0.2) is 0 Å². The van der Waals surface area contributed by atoms with Crippen molar-refractivity contribution in [1.82, 2.24) is 0 Å². The first-order valence-electron chi connectivity index (χ1n) is 3.36. The first-order valence-corrected chi connectivity index (χ1v) is 3.36. The predicted molar refractivity (Wildman–Crippen MR) is 38.6 cm³/mol. The highest BCUT2D eigenvalue weighted by Gasteiger charge is 1.81. The second-order valence-corrected chi connectivity index (χ2v) is 1.97. The van der Waals surface area contributed by atoms with Crippen molar-refractivity contribution in [3.63, 3.8) is 0 Å². The van der Waals surface area contributed by atoms with E-state index >= 15 is 0 Å². The Morgan fingerprint density at radius 1 is 1.50 bits per heavy atom. The van der Waals surface area contributed by atoms with Crippen LogP contribution in [0, 0.1) is 6.42 Å². The molecular formula is C8H15. The Morgan fingerprint density at radius 2 is 2.25 bits per heavy atom. The average molecular weight is 113 g/mol. The van der Waals surface area contributed by atoms with E-state index in [1.165, 1.54) is 25.7 Å². The Hall–Kier alpha value is -0.260. The zero-order valence-corrected chi connectivity index (χ0v) is 5.69. The van der Waals surface area contributed by atoms with E-state index in [4.69, 9.17) is 0 Å². The molecule has 0 aliphatic rings. The molecular weight excluding hydrogens is 98.1 g/mol. The van der Waals surface area contributed by atoms with Gasteiger partial charge >= 0.3 is 0 Å². The van der Waals surface area contributed by atoms with Crippen LogP contribution in [0.15, 0.2) is 12.7 Å². The highest BCUT2D eigenvalue weighted by Crippen LogP contribution is 2.00. The molecule has 0 rings (SSSR count). The Bertz CT molecular complexity index is 46.0. The van der Waals surface area contributed by atoms with Gasteiger partial charge in [-0.3, -0.25) is 0 Å². The van der Waals surface area contributed by atoms with Gasteiger partial charge in [0.2, 0.25) is 0 Å². The lowest BCUT2D eigenvalue weighted by Gasteiger charge is -1.91. The highest BCUT2D eigenvalue weighted by atomic mass is 14.8. The zero-order valence-electron chi connectivity index (χ0n) is 5.69. The minimum absolute atomic E-state index is 1.21. The van der Waals surface area contributed by atoms with Crippen LogP contribution in [0.25, 0.3) is 0 Å². The first kappa shape index (κ1) is 7.74. The van der Waals surface area contributed by atoms with Crippen LogP contribution in [-0.2, 0) is 0 Å². The molecule has 0 amide bonds. The smallest absolute Gasteiger partial charge is 0.0173 e. The zero-order chi connectivity index (χ0) is 6.24. The van der Waals surface area contributed by atoms with Crippen LogP contribution in [0.2, 0.25) is 0 Å². The van der Waals surface area contributed by atoms with Crippen molar-refractivity contribution < 1.29 is 0 Å². The van der Waals surface area contributed by atoms with Gasteiger partial charge in [-0.05, 0) is 12.8 Å². The van der Waals surface area contributed by atoms with Crippen molar-refractivity contribution in [2.24, 2.45) is 0 Å². The summed E-state index contributed by atoms with van der Waals surface area (Å²) in [6, 6.07) is 0. The molecule has 0 nitrogen and oxygen atoms in total. The molecule has 0 unspecified atom stereocenters. The van der Waals surface area contributed by atoms with E-state index < -0.39 is 0 Å². The molecule has 1 radical (unpaired) electrons. The molecule has 0 spiro atoms.